The van der Waals surface area contributed by atoms with Gasteiger partial charge in [-0.15, -0.1) is 0 Å². The van der Waals surface area contributed by atoms with Crippen molar-refractivity contribution in [1.82, 2.24) is 14.8 Å². The number of methoxy groups -OCH3 is 1. The van der Waals surface area contributed by atoms with Crippen molar-refractivity contribution in [1.29, 1.82) is 0 Å². The first-order chi connectivity index (χ1) is 13.0. The lowest BCUT2D eigenvalue weighted by atomic mass is 9.98. The average Bonchev–Trinajstić information content (AvgIpc) is 2.69. The lowest BCUT2D eigenvalue weighted by Gasteiger charge is -2.41. The standard InChI is InChI=1S/C18H27N5O4/c1-21-7-5-15(6-8-21)22-9-3-14(4-10-22)20-17-16(23(25)26)11-13(12-19-17)18(24)27-2/h11-12,14-15H,3-10H2,1-2H3,(H,19,20). The minimum atomic E-state index is -0.636. The van der Waals surface area contributed by atoms with E-state index in [1.807, 2.05) is 0 Å². The van der Waals surface area contributed by atoms with Gasteiger partial charge in [0.05, 0.1) is 17.6 Å². The molecule has 2 saturated heterocycles. The Morgan fingerprint density at radius 1 is 1.26 bits per heavy atom. The summed E-state index contributed by atoms with van der Waals surface area (Å²) < 4.78 is 4.61. The molecular weight excluding hydrogens is 350 g/mol. The fourth-order valence-electron chi connectivity index (χ4n) is 3.90. The Hall–Kier alpha value is -2.26. The molecule has 2 aliphatic heterocycles. The Bertz CT molecular complexity index is 682. The molecule has 0 unspecified atom stereocenters. The van der Waals surface area contributed by atoms with Gasteiger partial charge >= 0.3 is 11.7 Å². The molecule has 9 heteroatoms. The Morgan fingerprint density at radius 3 is 2.52 bits per heavy atom. The zero-order valence-corrected chi connectivity index (χ0v) is 15.9. The second kappa shape index (κ2) is 8.62. The summed E-state index contributed by atoms with van der Waals surface area (Å²) in [6.45, 7) is 4.26. The zero-order chi connectivity index (χ0) is 19.4. The van der Waals surface area contributed by atoms with Crippen molar-refractivity contribution in [2.24, 2.45) is 0 Å². The molecule has 0 spiro atoms. The second-order valence-corrected chi connectivity index (χ2v) is 7.33. The first-order valence-electron chi connectivity index (χ1n) is 9.40. The van der Waals surface area contributed by atoms with Crippen molar-refractivity contribution in [3.8, 4) is 0 Å². The molecule has 1 N–H and O–H groups in total. The van der Waals surface area contributed by atoms with Gasteiger partial charge in [-0.3, -0.25) is 10.1 Å². The smallest absolute Gasteiger partial charge is 0.339 e. The number of rotatable bonds is 5. The van der Waals surface area contributed by atoms with Crippen LogP contribution in [-0.4, -0.2) is 78.1 Å². The monoisotopic (exact) mass is 377 g/mol. The summed E-state index contributed by atoms with van der Waals surface area (Å²) in [7, 11) is 3.40. The molecule has 2 aliphatic rings. The number of anilines is 1. The van der Waals surface area contributed by atoms with Crippen LogP contribution in [0.4, 0.5) is 11.5 Å². The zero-order valence-electron chi connectivity index (χ0n) is 15.9. The highest BCUT2D eigenvalue weighted by Gasteiger charge is 2.29. The topological polar surface area (TPSA) is 101 Å². The molecule has 2 fully saturated rings. The fourth-order valence-corrected chi connectivity index (χ4v) is 3.90. The molecule has 3 heterocycles. The van der Waals surface area contributed by atoms with E-state index in [-0.39, 0.29) is 23.1 Å². The van der Waals surface area contributed by atoms with Crippen LogP contribution in [0, 0.1) is 10.1 Å². The van der Waals surface area contributed by atoms with Crippen LogP contribution in [0.15, 0.2) is 12.3 Å². The Labute approximate surface area is 158 Å². The van der Waals surface area contributed by atoms with E-state index >= 15 is 0 Å². The van der Waals surface area contributed by atoms with Gasteiger partial charge < -0.3 is 19.9 Å². The Kier molecular flexibility index (Phi) is 6.22. The molecule has 0 bridgehead atoms. The van der Waals surface area contributed by atoms with Crippen LogP contribution in [0.5, 0.6) is 0 Å². The molecule has 1 aromatic heterocycles. The van der Waals surface area contributed by atoms with E-state index in [0.717, 1.165) is 39.0 Å². The summed E-state index contributed by atoms with van der Waals surface area (Å²) in [4.78, 5) is 31.5. The third-order valence-corrected chi connectivity index (χ3v) is 5.56. The van der Waals surface area contributed by atoms with Crippen molar-refractivity contribution in [3.05, 3.63) is 27.9 Å². The van der Waals surface area contributed by atoms with Crippen LogP contribution in [0.1, 0.15) is 36.0 Å². The largest absolute Gasteiger partial charge is 0.465 e. The number of pyridine rings is 1. The van der Waals surface area contributed by atoms with E-state index in [9.17, 15) is 14.9 Å². The molecule has 0 saturated carbocycles. The van der Waals surface area contributed by atoms with Gasteiger partial charge in [0, 0.05) is 37.4 Å². The van der Waals surface area contributed by atoms with E-state index in [1.165, 1.54) is 32.2 Å². The Morgan fingerprint density at radius 2 is 1.93 bits per heavy atom. The molecule has 27 heavy (non-hydrogen) atoms. The molecule has 0 amide bonds. The molecule has 0 atom stereocenters. The first kappa shape index (κ1) is 19.5. The number of hydrogen-bond donors (Lipinski definition) is 1. The number of likely N-dealkylation sites (tertiary alicyclic amines) is 2. The number of nitrogens with zero attached hydrogens (tertiary/aromatic N) is 4. The van der Waals surface area contributed by atoms with Gasteiger partial charge in [-0.1, -0.05) is 0 Å². The molecular formula is C18H27N5O4. The van der Waals surface area contributed by atoms with E-state index in [2.05, 4.69) is 31.9 Å². The Balaban J connectivity index is 1.60. The van der Waals surface area contributed by atoms with Gasteiger partial charge in [-0.2, -0.15) is 0 Å². The number of nitro groups is 1. The molecule has 1 aromatic rings. The number of aromatic nitrogens is 1. The summed E-state index contributed by atoms with van der Waals surface area (Å²) in [5, 5.41) is 14.6. The van der Waals surface area contributed by atoms with E-state index in [1.54, 1.807) is 0 Å². The maximum atomic E-state index is 11.6. The predicted molar refractivity (Wildman–Crippen MR) is 101 cm³/mol. The highest BCUT2D eigenvalue weighted by molar-refractivity contribution is 5.90. The SMILES string of the molecule is COC(=O)c1cnc(NC2CCN(C3CCN(C)CC3)CC2)c([N+](=O)[O-])c1. The highest BCUT2D eigenvalue weighted by Crippen LogP contribution is 2.27. The first-order valence-corrected chi connectivity index (χ1v) is 9.40. The maximum Gasteiger partial charge on any atom is 0.339 e. The van der Waals surface area contributed by atoms with E-state index < -0.39 is 10.9 Å². The maximum absolute atomic E-state index is 11.6. The van der Waals surface area contributed by atoms with Crippen molar-refractivity contribution < 1.29 is 14.5 Å². The lowest BCUT2D eigenvalue weighted by molar-refractivity contribution is -0.384. The van der Waals surface area contributed by atoms with E-state index in [4.69, 9.17) is 0 Å². The minimum absolute atomic E-state index is 0.0758. The van der Waals surface area contributed by atoms with Crippen LogP contribution >= 0.6 is 0 Å². The number of esters is 1. The molecule has 9 nitrogen and oxygen atoms in total. The third-order valence-electron chi connectivity index (χ3n) is 5.56. The number of nitrogens with one attached hydrogen (secondary N) is 1. The van der Waals surface area contributed by atoms with Crippen molar-refractivity contribution in [2.75, 3.05) is 45.7 Å². The minimum Gasteiger partial charge on any atom is -0.465 e. The van der Waals surface area contributed by atoms with Gasteiger partial charge in [0.2, 0.25) is 5.82 Å². The normalized spacial score (nSPS) is 20.4. The van der Waals surface area contributed by atoms with E-state index in [0.29, 0.717) is 6.04 Å². The van der Waals surface area contributed by atoms with Gasteiger partial charge in [-0.05, 0) is 45.8 Å². The van der Waals surface area contributed by atoms with Crippen LogP contribution in [0.3, 0.4) is 0 Å². The number of hydrogen-bond acceptors (Lipinski definition) is 8. The molecule has 0 aliphatic carbocycles. The molecule has 3 rings (SSSR count). The third kappa shape index (κ3) is 4.72. The van der Waals surface area contributed by atoms with Crippen molar-refractivity contribution >= 4 is 17.5 Å². The summed E-state index contributed by atoms with van der Waals surface area (Å²) >= 11 is 0. The van der Waals surface area contributed by atoms with Crippen LogP contribution in [0.25, 0.3) is 0 Å². The van der Waals surface area contributed by atoms with Gasteiger partial charge in [-0.25, -0.2) is 9.78 Å². The summed E-state index contributed by atoms with van der Waals surface area (Å²) in [6.07, 6.45) is 5.57. The van der Waals surface area contributed by atoms with Crippen LogP contribution < -0.4 is 5.32 Å². The quantitative estimate of drug-likeness (QED) is 0.470. The average molecular weight is 377 g/mol. The number of carbonyl (C=O) groups is 1. The summed E-state index contributed by atoms with van der Waals surface area (Å²) in [5.41, 5.74) is -0.123. The van der Waals surface area contributed by atoms with Crippen molar-refractivity contribution in [2.45, 2.75) is 37.8 Å². The fraction of sp³-hybridized carbons (Fsp3) is 0.667. The van der Waals surface area contributed by atoms with Gasteiger partial charge in [0.15, 0.2) is 0 Å². The highest BCUT2D eigenvalue weighted by atomic mass is 16.6. The lowest BCUT2D eigenvalue weighted by Crippen LogP contribution is -2.48. The van der Waals surface area contributed by atoms with Crippen LogP contribution in [-0.2, 0) is 4.74 Å². The predicted octanol–water partition coefficient (Wildman–Crippen LogP) is 1.75. The second-order valence-electron chi connectivity index (χ2n) is 7.33. The molecule has 148 valence electrons. The molecule has 0 radical (unpaired) electrons. The summed E-state index contributed by atoms with van der Waals surface area (Å²) in [6, 6.07) is 2.01. The number of carbonyl (C=O) groups excluding carboxylic acids is 1. The number of piperidine rings is 2. The number of ether oxygens (including phenoxy) is 1. The summed E-state index contributed by atoms with van der Waals surface area (Å²) in [5.74, 6) is -0.422. The molecule has 0 aromatic carbocycles. The van der Waals surface area contributed by atoms with Gasteiger partial charge in [0.25, 0.3) is 0 Å². The van der Waals surface area contributed by atoms with Gasteiger partial charge in [0.1, 0.15) is 0 Å². The van der Waals surface area contributed by atoms with Crippen LogP contribution in [0.2, 0.25) is 0 Å². The van der Waals surface area contributed by atoms with Crippen molar-refractivity contribution in [3.63, 3.8) is 0 Å².